The molecule has 0 bridgehead atoms. The molecule has 2 aliphatic heterocycles. The second-order valence-electron chi connectivity index (χ2n) is 9.28. The van der Waals surface area contributed by atoms with E-state index in [-0.39, 0.29) is 30.6 Å². The summed E-state index contributed by atoms with van der Waals surface area (Å²) in [6, 6.07) is 11.2. The molecule has 2 aromatic carbocycles. The highest BCUT2D eigenvalue weighted by Crippen LogP contribution is 2.30. The predicted molar refractivity (Wildman–Crippen MR) is 146 cm³/mol. The number of halogens is 1. The number of aryl methyl sites for hydroxylation is 2. The van der Waals surface area contributed by atoms with Crippen LogP contribution < -0.4 is 14.5 Å². The minimum Gasteiger partial charge on any atom is -0.368 e. The Kier molecular flexibility index (Phi) is 7.04. The zero-order chi connectivity index (χ0) is 26.2. The van der Waals surface area contributed by atoms with Gasteiger partial charge in [0.05, 0.1) is 4.90 Å². The summed E-state index contributed by atoms with van der Waals surface area (Å²) in [4.78, 5) is 19.6. The lowest BCUT2D eigenvalue weighted by Gasteiger charge is -2.41. The summed E-state index contributed by atoms with van der Waals surface area (Å²) in [6.45, 7) is 6.89. The van der Waals surface area contributed by atoms with Crippen LogP contribution in [0.25, 0.3) is 0 Å². The second kappa shape index (κ2) is 10.3. The predicted octanol–water partition coefficient (Wildman–Crippen LogP) is 3.77. The zero-order valence-electron chi connectivity index (χ0n) is 20.7. The molecule has 5 rings (SSSR count). The highest BCUT2D eigenvalue weighted by molar-refractivity contribution is 7.93. The molecule has 0 saturated carbocycles. The van der Waals surface area contributed by atoms with E-state index in [1.54, 1.807) is 43.3 Å². The largest absolute Gasteiger partial charge is 0.368 e. The molecule has 1 aromatic heterocycles. The van der Waals surface area contributed by atoms with Gasteiger partial charge in [-0.3, -0.25) is 9.52 Å². The van der Waals surface area contributed by atoms with Crippen LogP contribution in [0.3, 0.4) is 0 Å². The van der Waals surface area contributed by atoms with Gasteiger partial charge in [0.15, 0.2) is 0 Å². The van der Waals surface area contributed by atoms with E-state index in [0.29, 0.717) is 31.2 Å². The Labute approximate surface area is 222 Å². The van der Waals surface area contributed by atoms with E-state index in [1.165, 1.54) is 17.4 Å². The summed E-state index contributed by atoms with van der Waals surface area (Å²) in [5.74, 6) is -0.180. The SMILES string of the molecule is Cc1nnc(NS(=O)(=O)c2ccc(N3CCN(C(=O)[C@H](C)N4CCCc5cc(F)ccc54)CC3)cc2)s1.[HH].[HH]. The molecule has 2 aliphatic rings. The van der Waals surface area contributed by atoms with Crippen LogP contribution in [0.1, 0.15) is 26.8 Å². The van der Waals surface area contributed by atoms with Gasteiger partial charge in [-0.25, -0.2) is 12.8 Å². The lowest BCUT2D eigenvalue weighted by molar-refractivity contribution is -0.132. The first-order chi connectivity index (χ1) is 17.7. The number of carbonyl (C=O) groups excluding carboxylic acids is 1. The molecule has 1 atom stereocenters. The van der Waals surface area contributed by atoms with Crippen molar-refractivity contribution in [2.75, 3.05) is 47.2 Å². The molecular formula is C25H33FN6O3S2. The maximum absolute atomic E-state index is 13.7. The van der Waals surface area contributed by atoms with Crippen LogP contribution in [0.2, 0.25) is 0 Å². The van der Waals surface area contributed by atoms with Crippen LogP contribution in [0.15, 0.2) is 47.4 Å². The number of anilines is 3. The monoisotopic (exact) mass is 548 g/mol. The fourth-order valence-electron chi connectivity index (χ4n) is 4.93. The summed E-state index contributed by atoms with van der Waals surface area (Å²) >= 11 is 1.17. The Morgan fingerprint density at radius 3 is 2.49 bits per heavy atom. The Hall–Kier alpha value is -3.25. The number of carbonyl (C=O) groups is 1. The van der Waals surface area contributed by atoms with Gasteiger partial charge in [-0.05, 0) is 74.7 Å². The van der Waals surface area contributed by atoms with E-state index in [9.17, 15) is 17.6 Å². The molecule has 0 aliphatic carbocycles. The number of amides is 1. The van der Waals surface area contributed by atoms with Gasteiger partial charge < -0.3 is 14.7 Å². The Bertz CT molecular complexity index is 1400. The Morgan fingerprint density at radius 2 is 1.81 bits per heavy atom. The van der Waals surface area contributed by atoms with Crippen molar-refractivity contribution in [1.82, 2.24) is 15.1 Å². The maximum Gasteiger partial charge on any atom is 0.263 e. The first kappa shape index (κ1) is 25.4. The molecule has 3 heterocycles. The minimum atomic E-state index is -3.75. The molecule has 9 nitrogen and oxygen atoms in total. The second-order valence-corrected chi connectivity index (χ2v) is 12.1. The number of rotatable bonds is 6. The molecular weight excluding hydrogens is 515 g/mol. The highest BCUT2D eigenvalue weighted by atomic mass is 32.2. The number of fused-ring (bicyclic) bond motifs is 1. The van der Waals surface area contributed by atoms with Gasteiger partial charge in [0.25, 0.3) is 10.0 Å². The third-order valence-electron chi connectivity index (χ3n) is 6.87. The van der Waals surface area contributed by atoms with E-state index >= 15 is 0 Å². The molecule has 1 fully saturated rings. The Balaban J connectivity index is 0.00000210. The minimum absolute atomic E-state index is 0. The van der Waals surface area contributed by atoms with Crippen molar-refractivity contribution in [3.05, 3.63) is 58.9 Å². The molecule has 1 amide bonds. The van der Waals surface area contributed by atoms with E-state index < -0.39 is 10.0 Å². The van der Waals surface area contributed by atoms with Crippen molar-refractivity contribution in [3.63, 3.8) is 0 Å². The van der Waals surface area contributed by atoms with Gasteiger partial charge >= 0.3 is 0 Å². The van der Waals surface area contributed by atoms with E-state index in [0.717, 1.165) is 36.3 Å². The maximum atomic E-state index is 13.7. The number of nitrogens with one attached hydrogen (secondary N) is 1. The molecule has 0 radical (unpaired) electrons. The zero-order valence-corrected chi connectivity index (χ0v) is 22.4. The highest BCUT2D eigenvalue weighted by Gasteiger charge is 2.31. The van der Waals surface area contributed by atoms with Gasteiger partial charge in [0.2, 0.25) is 11.0 Å². The third-order valence-corrected chi connectivity index (χ3v) is 9.11. The van der Waals surface area contributed by atoms with Gasteiger partial charge in [0, 0.05) is 47.0 Å². The van der Waals surface area contributed by atoms with Crippen molar-refractivity contribution < 1.29 is 20.5 Å². The summed E-state index contributed by atoms with van der Waals surface area (Å²) in [5.41, 5.74) is 2.80. The van der Waals surface area contributed by atoms with Crippen LogP contribution in [0.5, 0.6) is 0 Å². The normalized spacial score (nSPS) is 16.9. The first-order valence-electron chi connectivity index (χ1n) is 12.2. The average molecular weight is 549 g/mol. The third kappa shape index (κ3) is 5.40. The molecule has 0 unspecified atom stereocenters. The standard InChI is InChI=1S/C25H29FN6O3S2.2H2/c1-17(32-11-3-4-19-16-20(26)5-10-23(19)32)24(33)31-14-12-30(13-15-31)21-6-8-22(9-7-21)37(34,35)29-25-28-27-18(2)36-25;;/h5-10,16-17H,3-4,11-15H2,1-2H3,(H,28,29);2*1H/t17-;;/m0../s1. The summed E-state index contributed by atoms with van der Waals surface area (Å²) in [7, 11) is -3.75. The fourth-order valence-corrected chi connectivity index (χ4v) is 6.75. The lowest BCUT2D eigenvalue weighted by atomic mass is 9.99. The van der Waals surface area contributed by atoms with E-state index in [4.69, 9.17) is 0 Å². The molecule has 12 heteroatoms. The molecule has 3 aromatic rings. The average Bonchev–Trinajstić information content (AvgIpc) is 3.31. The summed E-state index contributed by atoms with van der Waals surface area (Å²) < 4.78 is 41.4. The van der Waals surface area contributed by atoms with Crippen LogP contribution in [0.4, 0.5) is 20.9 Å². The number of piperazine rings is 1. The van der Waals surface area contributed by atoms with Crippen LogP contribution in [-0.2, 0) is 21.2 Å². The number of hydrogen-bond donors (Lipinski definition) is 1. The first-order valence-corrected chi connectivity index (χ1v) is 14.5. The van der Waals surface area contributed by atoms with Crippen molar-refractivity contribution in [1.29, 1.82) is 0 Å². The number of aromatic nitrogens is 2. The number of sulfonamides is 1. The number of benzene rings is 2. The quantitative estimate of drug-likeness (QED) is 0.501. The number of nitrogens with zero attached hydrogens (tertiary/aromatic N) is 5. The molecule has 0 spiro atoms. The fraction of sp³-hybridized carbons (Fsp3) is 0.400. The van der Waals surface area contributed by atoms with Crippen molar-refractivity contribution >= 4 is 43.8 Å². The summed E-state index contributed by atoms with van der Waals surface area (Å²) in [5, 5.41) is 8.55. The van der Waals surface area contributed by atoms with E-state index in [2.05, 4.69) is 24.7 Å². The molecule has 37 heavy (non-hydrogen) atoms. The smallest absolute Gasteiger partial charge is 0.263 e. The lowest BCUT2D eigenvalue weighted by Crippen LogP contribution is -2.55. The molecule has 1 N–H and O–H groups in total. The van der Waals surface area contributed by atoms with Crippen LogP contribution >= 0.6 is 11.3 Å². The van der Waals surface area contributed by atoms with Gasteiger partial charge in [-0.1, -0.05) is 11.3 Å². The topological polar surface area (TPSA) is 98.7 Å². The Morgan fingerprint density at radius 1 is 1.08 bits per heavy atom. The van der Waals surface area contributed by atoms with Gasteiger partial charge in [-0.2, -0.15) is 0 Å². The number of hydrogen-bond acceptors (Lipinski definition) is 8. The van der Waals surface area contributed by atoms with Crippen molar-refractivity contribution in [2.45, 2.75) is 37.6 Å². The van der Waals surface area contributed by atoms with E-state index in [1.807, 2.05) is 11.8 Å². The van der Waals surface area contributed by atoms with Crippen LogP contribution in [-0.4, -0.2) is 68.2 Å². The molecule has 200 valence electrons. The van der Waals surface area contributed by atoms with Crippen molar-refractivity contribution in [3.8, 4) is 0 Å². The molecule has 1 saturated heterocycles. The van der Waals surface area contributed by atoms with Gasteiger partial charge in [-0.15, -0.1) is 10.2 Å². The van der Waals surface area contributed by atoms with Crippen molar-refractivity contribution in [2.24, 2.45) is 0 Å². The van der Waals surface area contributed by atoms with Gasteiger partial charge in [0.1, 0.15) is 16.9 Å². The van der Waals surface area contributed by atoms with Crippen LogP contribution in [0, 0.1) is 12.7 Å². The summed E-state index contributed by atoms with van der Waals surface area (Å²) in [6.07, 6.45) is 1.71.